The first-order chi connectivity index (χ1) is 10.1. The number of rotatable bonds is 3. The lowest BCUT2D eigenvalue weighted by Crippen LogP contribution is -2.29. The van der Waals surface area contributed by atoms with Gasteiger partial charge in [-0.15, -0.1) is 0 Å². The zero-order valence-corrected chi connectivity index (χ0v) is 11.7. The third kappa shape index (κ3) is 4.00. The SMILES string of the molecule is CN(C)c1ccc(NC(=O)C(=O)Nc2ncccn2)cc1. The summed E-state index contributed by atoms with van der Waals surface area (Å²) in [5, 5.41) is 4.81. The smallest absolute Gasteiger partial charge is 0.316 e. The number of nitrogens with one attached hydrogen (secondary N) is 2. The minimum Gasteiger partial charge on any atom is -0.378 e. The van der Waals surface area contributed by atoms with Crippen LogP contribution in [0.5, 0.6) is 0 Å². The molecule has 0 saturated heterocycles. The summed E-state index contributed by atoms with van der Waals surface area (Å²) in [7, 11) is 3.84. The number of anilines is 3. The van der Waals surface area contributed by atoms with Crippen LogP contribution in [-0.2, 0) is 9.59 Å². The molecule has 0 radical (unpaired) electrons. The second-order valence-electron chi connectivity index (χ2n) is 4.42. The molecule has 0 fully saturated rings. The van der Waals surface area contributed by atoms with Crippen LogP contribution >= 0.6 is 0 Å². The van der Waals surface area contributed by atoms with Gasteiger partial charge in [0.15, 0.2) is 0 Å². The lowest BCUT2D eigenvalue weighted by molar-refractivity contribution is -0.133. The second kappa shape index (κ2) is 6.47. The summed E-state index contributed by atoms with van der Waals surface area (Å²) in [6.07, 6.45) is 2.95. The van der Waals surface area contributed by atoms with Gasteiger partial charge < -0.3 is 10.2 Å². The van der Waals surface area contributed by atoms with Crippen molar-refractivity contribution in [1.82, 2.24) is 9.97 Å². The van der Waals surface area contributed by atoms with E-state index in [1.54, 1.807) is 18.2 Å². The van der Waals surface area contributed by atoms with Crippen LogP contribution in [0.1, 0.15) is 0 Å². The van der Waals surface area contributed by atoms with Crippen LogP contribution in [0.25, 0.3) is 0 Å². The van der Waals surface area contributed by atoms with E-state index in [2.05, 4.69) is 20.6 Å². The van der Waals surface area contributed by atoms with Crippen LogP contribution < -0.4 is 15.5 Å². The molecule has 21 heavy (non-hydrogen) atoms. The van der Waals surface area contributed by atoms with E-state index in [1.165, 1.54) is 12.4 Å². The van der Waals surface area contributed by atoms with Gasteiger partial charge in [-0.3, -0.25) is 14.9 Å². The van der Waals surface area contributed by atoms with Crippen molar-refractivity contribution in [1.29, 1.82) is 0 Å². The average Bonchev–Trinajstić information content (AvgIpc) is 2.48. The van der Waals surface area contributed by atoms with E-state index in [1.807, 2.05) is 31.1 Å². The Morgan fingerprint density at radius 2 is 1.52 bits per heavy atom. The van der Waals surface area contributed by atoms with Crippen LogP contribution in [0.4, 0.5) is 17.3 Å². The molecular weight excluding hydrogens is 270 g/mol. The minimum absolute atomic E-state index is 0.0839. The first-order valence-electron chi connectivity index (χ1n) is 6.23. The molecule has 2 aromatic rings. The van der Waals surface area contributed by atoms with Crippen molar-refractivity contribution in [3.8, 4) is 0 Å². The van der Waals surface area contributed by atoms with E-state index in [0.29, 0.717) is 5.69 Å². The van der Waals surface area contributed by atoms with Crippen LogP contribution in [0.15, 0.2) is 42.7 Å². The maximum atomic E-state index is 11.7. The van der Waals surface area contributed by atoms with Crippen molar-refractivity contribution in [3.63, 3.8) is 0 Å². The summed E-state index contributed by atoms with van der Waals surface area (Å²) in [5.74, 6) is -1.52. The fraction of sp³-hybridized carbons (Fsp3) is 0.143. The lowest BCUT2D eigenvalue weighted by atomic mass is 10.2. The maximum absolute atomic E-state index is 11.7. The molecule has 0 bridgehead atoms. The van der Waals surface area contributed by atoms with Gasteiger partial charge in [-0.05, 0) is 30.3 Å². The average molecular weight is 285 g/mol. The summed E-state index contributed by atoms with van der Waals surface area (Å²) in [4.78, 5) is 33.0. The monoisotopic (exact) mass is 285 g/mol. The van der Waals surface area contributed by atoms with E-state index in [9.17, 15) is 9.59 Å². The third-order valence-corrected chi connectivity index (χ3v) is 2.64. The Labute approximate surface area is 122 Å². The highest BCUT2D eigenvalue weighted by atomic mass is 16.2. The Kier molecular flexibility index (Phi) is 4.45. The molecular formula is C14H15N5O2. The van der Waals surface area contributed by atoms with Gasteiger partial charge in [0.2, 0.25) is 5.95 Å². The highest BCUT2D eigenvalue weighted by Gasteiger charge is 2.14. The summed E-state index contributed by atoms with van der Waals surface area (Å²) in [6.45, 7) is 0. The van der Waals surface area contributed by atoms with Gasteiger partial charge in [-0.25, -0.2) is 9.97 Å². The maximum Gasteiger partial charge on any atom is 0.316 e. The standard InChI is InChI=1S/C14H15N5O2/c1-19(2)11-6-4-10(5-7-11)17-12(20)13(21)18-14-15-8-3-9-16-14/h3-9H,1-2H3,(H,17,20)(H,15,16,18,21). The molecule has 1 aromatic carbocycles. The first kappa shape index (κ1) is 14.4. The third-order valence-electron chi connectivity index (χ3n) is 2.64. The fourth-order valence-electron chi connectivity index (χ4n) is 1.55. The number of carbonyl (C=O) groups is 2. The van der Waals surface area contributed by atoms with Crippen molar-refractivity contribution in [2.24, 2.45) is 0 Å². The Morgan fingerprint density at radius 1 is 0.952 bits per heavy atom. The van der Waals surface area contributed by atoms with Gasteiger partial charge in [0.1, 0.15) is 0 Å². The summed E-state index contributed by atoms with van der Waals surface area (Å²) in [5.41, 5.74) is 1.53. The lowest BCUT2D eigenvalue weighted by Gasteiger charge is -2.12. The zero-order valence-electron chi connectivity index (χ0n) is 11.7. The zero-order chi connectivity index (χ0) is 15.2. The Morgan fingerprint density at radius 3 is 2.10 bits per heavy atom. The number of carbonyl (C=O) groups excluding carboxylic acids is 2. The van der Waals surface area contributed by atoms with E-state index < -0.39 is 11.8 Å². The van der Waals surface area contributed by atoms with Gasteiger partial charge in [0.25, 0.3) is 0 Å². The second-order valence-corrected chi connectivity index (χ2v) is 4.42. The van der Waals surface area contributed by atoms with E-state index >= 15 is 0 Å². The largest absolute Gasteiger partial charge is 0.378 e. The van der Waals surface area contributed by atoms with Crippen LogP contribution in [0.3, 0.4) is 0 Å². The molecule has 1 heterocycles. The van der Waals surface area contributed by atoms with Gasteiger partial charge in [-0.2, -0.15) is 0 Å². The molecule has 0 saturated carbocycles. The topological polar surface area (TPSA) is 87.2 Å². The van der Waals surface area contributed by atoms with Crippen molar-refractivity contribution in [2.45, 2.75) is 0 Å². The predicted molar refractivity (Wildman–Crippen MR) is 80.1 cm³/mol. The Balaban J connectivity index is 1.96. The number of amides is 2. The normalized spacial score (nSPS) is 9.81. The molecule has 0 aliphatic rings. The van der Waals surface area contributed by atoms with Crippen LogP contribution in [0.2, 0.25) is 0 Å². The van der Waals surface area contributed by atoms with Gasteiger partial charge in [0, 0.05) is 37.9 Å². The van der Waals surface area contributed by atoms with E-state index in [0.717, 1.165) is 5.69 Å². The molecule has 2 N–H and O–H groups in total. The van der Waals surface area contributed by atoms with Crippen molar-refractivity contribution < 1.29 is 9.59 Å². The van der Waals surface area contributed by atoms with Gasteiger partial charge >= 0.3 is 11.8 Å². The Bertz CT molecular complexity index is 626. The molecule has 2 rings (SSSR count). The minimum atomic E-state index is -0.821. The number of hydrogen-bond acceptors (Lipinski definition) is 5. The van der Waals surface area contributed by atoms with Crippen molar-refractivity contribution in [2.75, 3.05) is 29.6 Å². The molecule has 0 spiro atoms. The molecule has 0 unspecified atom stereocenters. The number of benzene rings is 1. The Hall–Kier alpha value is -2.96. The first-order valence-corrected chi connectivity index (χ1v) is 6.23. The van der Waals surface area contributed by atoms with Gasteiger partial charge in [0.05, 0.1) is 0 Å². The van der Waals surface area contributed by atoms with E-state index in [-0.39, 0.29) is 5.95 Å². The predicted octanol–water partition coefficient (Wildman–Crippen LogP) is 1.12. The molecule has 0 aliphatic carbocycles. The molecule has 2 amide bonds. The molecule has 108 valence electrons. The molecule has 0 atom stereocenters. The fourth-order valence-corrected chi connectivity index (χ4v) is 1.55. The quantitative estimate of drug-likeness (QED) is 0.825. The van der Waals surface area contributed by atoms with Crippen LogP contribution in [-0.4, -0.2) is 35.9 Å². The van der Waals surface area contributed by atoms with Crippen molar-refractivity contribution in [3.05, 3.63) is 42.7 Å². The van der Waals surface area contributed by atoms with Gasteiger partial charge in [-0.1, -0.05) is 0 Å². The number of nitrogens with zero attached hydrogens (tertiary/aromatic N) is 3. The van der Waals surface area contributed by atoms with E-state index in [4.69, 9.17) is 0 Å². The summed E-state index contributed by atoms with van der Waals surface area (Å²) in [6, 6.07) is 8.74. The molecule has 0 aliphatic heterocycles. The summed E-state index contributed by atoms with van der Waals surface area (Å²) >= 11 is 0. The van der Waals surface area contributed by atoms with Crippen molar-refractivity contribution >= 4 is 29.1 Å². The van der Waals surface area contributed by atoms with Crippen LogP contribution in [0, 0.1) is 0 Å². The highest BCUT2D eigenvalue weighted by Crippen LogP contribution is 2.15. The highest BCUT2D eigenvalue weighted by molar-refractivity contribution is 6.43. The molecule has 7 nitrogen and oxygen atoms in total. The molecule has 1 aromatic heterocycles. The number of aromatic nitrogens is 2. The summed E-state index contributed by atoms with van der Waals surface area (Å²) < 4.78 is 0. The molecule has 7 heteroatoms. The number of hydrogen-bond donors (Lipinski definition) is 2.